The van der Waals surface area contributed by atoms with Crippen molar-refractivity contribution in [3.8, 4) is 0 Å². The molecule has 1 unspecified atom stereocenters. The molecule has 0 radical (unpaired) electrons. The van der Waals surface area contributed by atoms with E-state index in [0.29, 0.717) is 0 Å². The van der Waals surface area contributed by atoms with Gasteiger partial charge in [-0.25, -0.2) is 0 Å². The van der Waals surface area contributed by atoms with Crippen molar-refractivity contribution in [2.75, 3.05) is 0 Å². The van der Waals surface area contributed by atoms with E-state index in [1.807, 2.05) is 13.0 Å². The molecule has 0 aliphatic carbocycles. The molecular formula is C14H21NO. The maximum atomic E-state index is 12.2. The normalized spacial score (nSPS) is 12.4. The summed E-state index contributed by atoms with van der Waals surface area (Å²) >= 11 is 0. The van der Waals surface area contributed by atoms with Crippen LogP contribution in [0.3, 0.4) is 0 Å². The minimum atomic E-state index is 0.170. The van der Waals surface area contributed by atoms with Crippen molar-refractivity contribution < 1.29 is 4.79 Å². The van der Waals surface area contributed by atoms with Gasteiger partial charge in [0.2, 0.25) is 0 Å². The van der Waals surface area contributed by atoms with Gasteiger partial charge in [-0.2, -0.15) is 0 Å². The van der Waals surface area contributed by atoms with Crippen molar-refractivity contribution in [3.63, 3.8) is 0 Å². The summed E-state index contributed by atoms with van der Waals surface area (Å²) in [6, 6.07) is 1.93. The van der Waals surface area contributed by atoms with Crippen LogP contribution in [0.5, 0.6) is 0 Å². The average Bonchev–Trinajstić information content (AvgIpc) is 2.29. The number of hydrogen-bond acceptors (Lipinski definition) is 2. The molecule has 1 heterocycles. The first-order valence-corrected chi connectivity index (χ1v) is 6.14. The smallest absolute Gasteiger partial charge is 0.167 e. The van der Waals surface area contributed by atoms with Gasteiger partial charge in [0, 0.05) is 23.9 Å². The summed E-state index contributed by atoms with van der Waals surface area (Å²) in [6.07, 6.45) is 7.67. The largest absolute Gasteiger partial charge is 0.294 e. The number of Topliss-reactive ketones (excluding diaryl/α,β-unsaturated/α-hetero) is 1. The zero-order valence-corrected chi connectivity index (χ0v) is 10.5. The Hall–Kier alpha value is -1.18. The van der Waals surface area contributed by atoms with Crippen LogP contribution in [0.4, 0.5) is 0 Å². The second kappa shape index (κ2) is 6.41. The fourth-order valence-electron chi connectivity index (χ4n) is 1.90. The Morgan fingerprint density at radius 2 is 2.12 bits per heavy atom. The molecule has 0 amide bonds. The molecule has 0 fully saturated rings. The van der Waals surface area contributed by atoms with Gasteiger partial charge in [-0.3, -0.25) is 9.78 Å². The van der Waals surface area contributed by atoms with E-state index in [0.717, 1.165) is 36.8 Å². The number of unbranched alkanes of at least 4 members (excludes halogenated alkanes) is 1. The molecule has 0 saturated heterocycles. The molecule has 0 spiro atoms. The summed E-state index contributed by atoms with van der Waals surface area (Å²) in [6.45, 7) is 6.21. The van der Waals surface area contributed by atoms with Crippen molar-refractivity contribution in [1.29, 1.82) is 0 Å². The first-order chi connectivity index (χ1) is 7.69. The van der Waals surface area contributed by atoms with Gasteiger partial charge in [-0.05, 0) is 31.4 Å². The number of carbonyl (C=O) groups excluding carboxylic acids is 1. The molecule has 0 aromatic carbocycles. The number of aryl methyl sites for hydroxylation is 1. The van der Waals surface area contributed by atoms with Crippen LogP contribution in [0.15, 0.2) is 18.5 Å². The van der Waals surface area contributed by atoms with E-state index in [-0.39, 0.29) is 11.7 Å². The van der Waals surface area contributed by atoms with E-state index in [9.17, 15) is 4.79 Å². The summed E-state index contributed by atoms with van der Waals surface area (Å²) in [5, 5.41) is 0. The molecular weight excluding hydrogens is 198 g/mol. The number of rotatable bonds is 6. The van der Waals surface area contributed by atoms with Crippen molar-refractivity contribution >= 4 is 5.78 Å². The number of nitrogens with zero attached hydrogens (tertiary/aromatic N) is 1. The van der Waals surface area contributed by atoms with Gasteiger partial charge >= 0.3 is 0 Å². The number of aromatic nitrogens is 1. The summed E-state index contributed by atoms with van der Waals surface area (Å²) in [5.41, 5.74) is 1.82. The number of pyridine rings is 1. The molecule has 1 rings (SSSR count). The van der Waals surface area contributed by atoms with Crippen LogP contribution in [0.2, 0.25) is 0 Å². The first kappa shape index (κ1) is 12.9. The highest BCUT2D eigenvalue weighted by molar-refractivity contribution is 5.97. The maximum absolute atomic E-state index is 12.2. The predicted octanol–water partition coefficient (Wildman–Crippen LogP) is 3.79. The highest BCUT2D eigenvalue weighted by Crippen LogP contribution is 2.18. The standard InChI is InChI=1S/C14H21NO/c1-4-6-7-12(5-2)14(16)13-8-11(3)9-15-10-13/h8-10,12H,4-7H2,1-3H3. The molecule has 0 bridgehead atoms. The van der Waals surface area contributed by atoms with Crippen molar-refractivity contribution in [3.05, 3.63) is 29.6 Å². The topological polar surface area (TPSA) is 30.0 Å². The molecule has 1 aromatic heterocycles. The zero-order chi connectivity index (χ0) is 12.0. The predicted molar refractivity (Wildman–Crippen MR) is 66.6 cm³/mol. The van der Waals surface area contributed by atoms with E-state index in [1.54, 1.807) is 12.4 Å². The lowest BCUT2D eigenvalue weighted by atomic mass is 9.91. The van der Waals surface area contributed by atoms with Crippen LogP contribution in [0.1, 0.15) is 55.5 Å². The van der Waals surface area contributed by atoms with Crippen LogP contribution in [-0.4, -0.2) is 10.8 Å². The van der Waals surface area contributed by atoms with Gasteiger partial charge < -0.3 is 0 Å². The second-order valence-corrected chi connectivity index (χ2v) is 4.36. The van der Waals surface area contributed by atoms with Crippen LogP contribution < -0.4 is 0 Å². The highest BCUT2D eigenvalue weighted by Gasteiger charge is 2.17. The Bertz CT molecular complexity index is 346. The monoisotopic (exact) mass is 219 g/mol. The lowest BCUT2D eigenvalue weighted by Gasteiger charge is -2.13. The molecule has 0 saturated carbocycles. The third-order valence-corrected chi connectivity index (χ3v) is 2.93. The SMILES string of the molecule is CCCCC(CC)C(=O)c1cncc(C)c1. The average molecular weight is 219 g/mol. The Labute approximate surface area is 98.1 Å². The van der Waals surface area contributed by atoms with E-state index in [2.05, 4.69) is 18.8 Å². The zero-order valence-electron chi connectivity index (χ0n) is 10.5. The molecule has 0 N–H and O–H groups in total. The van der Waals surface area contributed by atoms with Gasteiger partial charge in [-0.1, -0.05) is 26.7 Å². The summed E-state index contributed by atoms with van der Waals surface area (Å²) in [4.78, 5) is 16.3. The van der Waals surface area contributed by atoms with Gasteiger partial charge in [-0.15, -0.1) is 0 Å². The minimum absolute atomic E-state index is 0.170. The van der Waals surface area contributed by atoms with Crippen LogP contribution in [0, 0.1) is 12.8 Å². The van der Waals surface area contributed by atoms with Crippen molar-refractivity contribution in [2.24, 2.45) is 5.92 Å². The summed E-state index contributed by atoms with van der Waals surface area (Å²) in [7, 11) is 0. The Balaban J connectivity index is 2.74. The molecule has 0 aliphatic heterocycles. The highest BCUT2D eigenvalue weighted by atomic mass is 16.1. The molecule has 88 valence electrons. The molecule has 2 nitrogen and oxygen atoms in total. The molecule has 1 aromatic rings. The minimum Gasteiger partial charge on any atom is -0.294 e. The Morgan fingerprint density at radius 1 is 1.38 bits per heavy atom. The van der Waals surface area contributed by atoms with Crippen molar-refractivity contribution in [1.82, 2.24) is 4.98 Å². The Morgan fingerprint density at radius 3 is 2.69 bits per heavy atom. The molecule has 1 atom stereocenters. The fraction of sp³-hybridized carbons (Fsp3) is 0.571. The van der Waals surface area contributed by atoms with Gasteiger partial charge in [0.05, 0.1) is 0 Å². The van der Waals surface area contributed by atoms with E-state index < -0.39 is 0 Å². The number of carbonyl (C=O) groups is 1. The Kier molecular flexibility index (Phi) is 5.17. The lowest BCUT2D eigenvalue weighted by Crippen LogP contribution is -2.14. The second-order valence-electron chi connectivity index (χ2n) is 4.36. The molecule has 2 heteroatoms. The molecule has 0 aliphatic rings. The number of ketones is 1. The van der Waals surface area contributed by atoms with Crippen LogP contribution in [-0.2, 0) is 0 Å². The van der Waals surface area contributed by atoms with Gasteiger partial charge in [0.25, 0.3) is 0 Å². The fourth-order valence-corrected chi connectivity index (χ4v) is 1.90. The summed E-state index contributed by atoms with van der Waals surface area (Å²) in [5.74, 6) is 0.427. The lowest BCUT2D eigenvalue weighted by molar-refractivity contribution is 0.0907. The van der Waals surface area contributed by atoms with Crippen LogP contribution >= 0.6 is 0 Å². The van der Waals surface area contributed by atoms with Crippen molar-refractivity contribution in [2.45, 2.75) is 46.5 Å². The van der Waals surface area contributed by atoms with E-state index in [1.165, 1.54) is 0 Å². The quantitative estimate of drug-likeness (QED) is 0.681. The summed E-state index contributed by atoms with van der Waals surface area (Å²) < 4.78 is 0. The third-order valence-electron chi connectivity index (χ3n) is 2.93. The van der Waals surface area contributed by atoms with E-state index in [4.69, 9.17) is 0 Å². The molecule has 16 heavy (non-hydrogen) atoms. The maximum Gasteiger partial charge on any atom is 0.167 e. The first-order valence-electron chi connectivity index (χ1n) is 6.14. The third kappa shape index (κ3) is 3.44. The van der Waals surface area contributed by atoms with Gasteiger partial charge in [0.1, 0.15) is 0 Å². The number of hydrogen-bond donors (Lipinski definition) is 0. The van der Waals surface area contributed by atoms with E-state index >= 15 is 0 Å². The van der Waals surface area contributed by atoms with Crippen LogP contribution in [0.25, 0.3) is 0 Å². The van der Waals surface area contributed by atoms with Gasteiger partial charge in [0.15, 0.2) is 5.78 Å².